The van der Waals surface area contributed by atoms with Crippen LogP contribution < -0.4 is 5.73 Å². The maximum Gasteiger partial charge on any atom is 0.181 e. The molecule has 1 aliphatic rings. The number of carbonyl (C=O) groups excluding carboxylic acids is 1. The van der Waals surface area contributed by atoms with E-state index in [0.29, 0.717) is 0 Å². The van der Waals surface area contributed by atoms with E-state index >= 15 is 0 Å². The number of ketones is 1. The highest BCUT2D eigenvalue weighted by atomic mass is 32.1. The monoisotopic (exact) mass is 167 g/mol. The lowest BCUT2D eigenvalue weighted by Gasteiger charge is -1.95. The van der Waals surface area contributed by atoms with Crippen molar-refractivity contribution in [2.45, 2.75) is 19.4 Å². The van der Waals surface area contributed by atoms with Crippen molar-refractivity contribution in [3.05, 3.63) is 21.4 Å². The number of aryl methyl sites for hydroxylation is 1. The molecule has 0 bridgehead atoms. The Balaban J connectivity index is 2.52. The van der Waals surface area contributed by atoms with Gasteiger partial charge in [0.05, 0.1) is 6.04 Å². The Kier molecular flexibility index (Phi) is 1.37. The standard InChI is InChI=1S/C8H9NOS/c1-4-2-5-7(11-4)3-6(9)8(5)10/h2,6H,3,9H2,1H3. The molecule has 0 saturated carbocycles. The first-order chi connectivity index (χ1) is 5.18. The van der Waals surface area contributed by atoms with Crippen LogP contribution in [0, 0.1) is 6.92 Å². The summed E-state index contributed by atoms with van der Waals surface area (Å²) >= 11 is 1.68. The van der Waals surface area contributed by atoms with E-state index in [9.17, 15) is 4.79 Å². The molecule has 0 amide bonds. The number of thiophene rings is 1. The number of fused-ring (bicyclic) bond motifs is 1. The van der Waals surface area contributed by atoms with Crippen molar-refractivity contribution in [1.29, 1.82) is 0 Å². The van der Waals surface area contributed by atoms with E-state index in [1.807, 2.05) is 13.0 Å². The van der Waals surface area contributed by atoms with Crippen molar-refractivity contribution in [3.63, 3.8) is 0 Å². The molecule has 0 aliphatic heterocycles. The SMILES string of the molecule is Cc1cc2c(s1)CC(N)C2=O. The molecule has 0 saturated heterocycles. The van der Waals surface area contributed by atoms with Crippen LogP contribution in [0.1, 0.15) is 20.1 Å². The second kappa shape index (κ2) is 2.16. The van der Waals surface area contributed by atoms with Crippen molar-refractivity contribution in [3.8, 4) is 0 Å². The van der Waals surface area contributed by atoms with Crippen LogP contribution in [-0.4, -0.2) is 11.8 Å². The Morgan fingerprint density at radius 3 is 3.09 bits per heavy atom. The van der Waals surface area contributed by atoms with Crippen LogP contribution in [-0.2, 0) is 6.42 Å². The zero-order chi connectivity index (χ0) is 8.01. The Morgan fingerprint density at radius 2 is 2.45 bits per heavy atom. The van der Waals surface area contributed by atoms with Gasteiger partial charge in [0.2, 0.25) is 0 Å². The summed E-state index contributed by atoms with van der Waals surface area (Å²) < 4.78 is 0. The summed E-state index contributed by atoms with van der Waals surface area (Å²) in [5.74, 6) is 0.115. The van der Waals surface area contributed by atoms with Gasteiger partial charge < -0.3 is 5.73 Å². The lowest BCUT2D eigenvalue weighted by atomic mass is 10.2. The molecule has 1 aromatic heterocycles. The van der Waals surface area contributed by atoms with Crippen LogP contribution >= 0.6 is 11.3 Å². The third-order valence-electron chi connectivity index (χ3n) is 1.94. The second-order valence-electron chi connectivity index (χ2n) is 2.87. The van der Waals surface area contributed by atoms with E-state index in [2.05, 4.69) is 0 Å². The number of hydrogen-bond acceptors (Lipinski definition) is 3. The fraction of sp³-hybridized carbons (Fsp3) is 0.375. The van der Waals surface area contributed by atoms with Gasteiger partial charge in [-0.15, -0.1) is 11.3 Å². The van der Waals surface area contributed by atoms with Crippen LogP contribution in [0.2, 0.25) is 0 Å². The maximum absolute atomic E-state index is 11.3. The molecule has 0 fully saturated rings. The van der Waals surface area contributed by atoms with Crippen LogP contribution in [0.3, 0.4) is 0 Å². The topological polar surface area (TPSA) is 43.1 Å². The Hall–Kier alpha value is -0.670. The molecule has 1 aliphatic carbocycles. The number of nitrogens with two attached hydrogens (primary N) is 1. The summed E-state index contributed by atoms with van der Waals surface area (Å²) in [6, 6.07) is 1.67. The molecule has 2 rings (SSSR count). The van der Waals surface area contributed by atoms with Crippen molar-refractivity contribution in [2.75, 3.05) is 0 Å². The van der Waals surface area contributed by atoms with Gasteiger partial charge in [0.25, 0.3) is 0 Å². The highest BCUT2D eigenvalue weighted by Gasteiger charge is 2.28. The molecule has 1 heterocycles. The predicted octanol–water partition coefficient (Wildman–Crippen LogP) is 1.12. The van der Waals surface area contributed by atoms with Gasteiger partial charge in [-0.3, -0.25) is 4.79 Å². The van der Waals surface area contributed by atoms with E-state index in [-0.39, 0.29) is 11.8 Å². The van der Waals surface area contributed by atoms with Crippen molar-refractivity contribution >= 4 is 17.1 Å². The van der Waals surface area contributed by atoms with Gasteiger partial charge in [0.15, 0.2) is 5.78 Å². The van der Waals surface area contributed by atoms with Crippen LogP contribution in [0.25, 0.3) is 0 Å². The third kappa shape index (κ3) is 0.921. The number of carbonyl (C=O) groups is 1. The van der Waals surface area contributed by atoms with E-state index in [1.165, 1.54) is 9.75 Å². The summed E-state index contributed by atoms with van der Waals surface area (Å²) in [6.07, 6.45) is 0.743. The molecule has 1 aromatic rings. The van der Waals surface area contributed by atoms with E-state index in [1.54, 1.807) is 11.3 Å². The normalized spacial score (nSPS) is 22.4. The molecule has 11 heavy (non-hydrogen) atoms. The van der Waals surface area contributed by atoms with E-state index in [0.717, 1.165) is 12.0 Å². The van der Waals surface area contributed by atoms with Crippen LogP contribution in [0.4, 0.5) is 0 Å². The fourth-order valence-corrected chi connectivity index (χ4v) is 2.51. The Morgan fingerprint density at radius 1 is 1.73 bits per heavy atom. The number of Topliss-reactive ketones (excluding diaryl/α,β-unsaturated/α-hetero) is 1. The highest BCUT2D eigenvalue weighted by Crippen LogP contribution is 2.29. The predicted molar refractivity (Wildman–Crippen MR) is 45.1 cm³/mol. The van der Waals surface area contributed by atoms with Gasteiger partial charge in [-0.2, -0.15) is 0 Å². The third-order valence-corrected chi connectivity index (χ3v) is 3.01. The number of rotatable bonds is 0. The number of hydrogen-bond donors (Lipinski definition) is 1. The molecule has 0 spiro atoms. The smallest absolute Gasteiger partial charge is 0.181 e. The van der Waals surface area contributed by atoms with E-state index < -0.39 is 0 Å². The minimum atomic E-state index is -0.267. The van der Waals surface area contributed by atoms with Crippen LogP contribution in [0.5, 0.6) is 0 Å². The molecule has 2 N–H and O–H groups in total. The first-order valence-electron chi connectivity index (χ1n) is 3.57. The maximum atomic E-state index is 11.3. The minimum Gasteiger partial charge on any atom is -0.321 e. The largest absolute Gasteiger partial charge is 0.321 e. The average molecular weight is 167 g/mol. The first-order valence-corrected chi connectivity index (χ1v) is 4.39. The van der Waals surface area contributed by atoms with Gasteiger partial charge in [0.1, 0.15) is 0 Å². The minimum absolute atomic E-state index is 0.115. The van der Waals surface area contributed by atoms with Gasteiger partial charge >= 0.3 is 0 Å². The average Bonchev–Trinajstić information content (AvgIpc) is 2.37. The zero-order valence-corrected chi connectivity index (χ0v) is 7.07. The van der Waals surface area contributed by atoms with E-state index in [4.69, 9.17) is 5.73 Å². The zero-order valence-electron chi connectivity index (χ0n) is 6.26. The summed E-state index contributed by atoms with van der Waals surface area (Å²) in [4.78, 5) is 13.7. The Labute approximate surface area is 69.0 Å². The summed E-state index contributed by atoms with van der Waals surface area (Å²) in [5, 5.41) is 0. The Bertz CT molecular complexity index is 316. The highest BCUT2D eigenvalue weighted by molar-refractivity contribution is 7.12. The summed E-state index contributed by atoms with van der Waals surface area (Å²) in [5.41, 5.74) is 6.44. The molecular weight excluding hydrogens is 158 g/mol. The van der Waals surface area contributed by atoms with Crippen molar-refractivity contribution in [1.82, 2.24) is 0 Å². The van der Waals surface area contributed by atoms with Gasteiger partial charge in [-0.1, -0.05) is 0 Å². The van der Waals surface area contributed by atoms with Gasteiger partial charge in [0, 0.05) is 21.7 Å². The molecular formula is C8H9NOS. The molecule has 2 nitrogen and oxygen atoms in total. The fourth-order valence-electron chi connectivity index (χ4n) is 1.41. The summed E-state index contributed by atoms with van der Waals surface area (Å²) in [6.45, 7) is 2.02. The lowest BCUT2D eigenvalue weighted by molar-refractivity contribution is 0.0974. The van der Waals surface area contributed by atoms with Gasteiger partial charge in [-0.05, 0) is 13.0 Å². The molecule has 1 atom stereocenters. The van der Waals surface area contributed by atoms with Crippen LogP contribution in [0.15, 0.2) is 6.07 Å². The second-order valence-corrected chi connectivity index (χ2v) is 4.21. The lowest BCUT2D eigenvalue weighted by Crippen LogP contribution is -2.26. The van der Waals surface area contributed by atoms with Gasteiger partial charge in [-0.25, -0.2) is 0 Å². The first kappa shape index (κ1) is 7.00. The molecule has 1 unspecified atom stereocenters. The molecule has 0 aromatic carbocycles. The summed E-state index contributed by atoms with van der Waals surface area (Å²) in [7, 11) is 0. The van der Waals surface area contributed by atoms with Crippen molar-refractivity contribution < 1.29 is 4.79 Å². The molecule has 0 radical (unpaired) electrons. The molecule has 3 heteroatoms. The molecule has 58 valence electrons. The quantitative estimate of drug-likeness (QED) is 0.629. The van der Waals surface area contributed by atoms with Crippen molar-refractivity contribution in [2.24, 2.45) is 5.73 Å².